The van der Waals surface area contributed by atoms with Crippen LogP contribution in [0.1, 0.15) is 47.1 Å². The molecule has 0 heterocycles. The van der Waals surface area contributed by atoms with Gasteiger partial charge in [-0.3, -0.25) is 0 Å². The lowest BCUT2D eigenvalue weighted by molar-refractivity contribution is 0.0686. The summed E-state index contributed by atoms with van der Waals surface area (Å²) < 4.78 is 0. The first-order chi connectivity index (χ1) is 13.1. The zero-order valence-corrected chi connectivity index (χ0v) is 16.1. The minimum atomic E-state index is -0.969. The zero-order valence-electron chi connectivity index (χ0n) is 16.1. The molecule has 0 atom stereocenters. The molecule has 0 unspecified atom stereocenters. The second-order valence-electron chi connectivity index (χ2n) is 7.82. The van der Waals surface area contributed by atoms with Crippen LogP contribution < -0.4 is 0 Å². The van der Waals surface area contributed by atoms with Crippen LogP contribution in [0, 0.1) is 0 Å². The average Bonchev–Trinajstić information content (AvgIpc) is 2.67. The number of aromatic carboxylic acids is 2. The van der Waals surface area contributed by atoms with Gasteiger partial charge in [-0.05, 0) is 63.6 Å². The van der Waals surface area contributed by atoms with Crippen molar-refractivity contribution in [2.75, 3.05) is 0 Å². The third-order valence-electron chi connectivity index (χ3n) is 4.68. The Morgan fingerprint density at radius 1 is 0.643 bits per heavy atom. The van der Waals surface area contributed by atoms with Gasteiger partial charge in [0, 0.05) is 0 Å². The Bertz CT molecular complexity index is 982. The van der Waals surface area contributed by atoms with Crippen molar-refractivity contribution in [1.29, 1.82) is 0 Å². The molecule has 4 heteroatoms. The Morgan fingerprint density at radius 2 is 1.07 bits per heavy atom. The van der Waals surface area contributed by atoms with Gasteiger partial charge in [0.25, 0.3) is 0 Å². The third kappa shape index (κ3) is 4.12. The molecule has 0 aromatic heterocycles. The summed E-state index contributed by atoms with van der Waals surface area (Å²) in [4.78, 5) is 22.7. The van der Waals surface area contributed by atoms with Gasteiger partial charge in [-0.1, -0.05) is 57.2 Å². The molecule has 0 saturated heterocycles. The molecule has 4 nitrogen and oxygen atoms in total. The van der Waals surface area contributed by atoms with Crippen molar-refractivity contribution in [3.05, 3.63) is 83.4 Å². The minimum absolute atomic E-state index is 0.125. The molecule has 3 rings (SSSR count). The van der Waals surface area contributed by atoms with E-state index in [1.54, 1.807) is 36.4 Å². The molecule has 0 radical (unpaired) electrons. The van der Waals surface area contributed by atoms with Crippen LogP contribution in [0.15, 0.2) is 66.7 Å². The number of hydrogen-bond donors (Lipinski definition) is 2. The molecular weight excluding hydrogens is 352 g/mol. The Kier molecular flexibility index (Phi) is 5.06. The second kappa shape index (κ2) is 7.31. The Balaban J connectivity index is 2.21. The summed E-state index contributed by atoms with van der Waals surface area (Å²) in [5.41, 5.74) is 4.82. The van der Waals surface area contributed by atoms with Crippen LogP contribution in [0.25, 0.3) is 22.3 Å². The van der Waals surface area contributed by atoms with Crippen LogP contribution in [0.2, 0.25) is 0 Å². The molecule has 0 bridgehead atoms. The molecule has 0 amide bonds. The monoisotopic (exact) mass is 374 g/mol. The minimum Gasteiger partial charge on any atom is -0.478 e. The zero-order chi connectivity index (χ0) is 20.5. The van der Waals surface area contributed by atoms with Crippen LogP contribution in [0.5, 0.6) is 0 Å². The molecule has 28 heavy (non-hydrogen) atoms. The van der Waals surface area contributed by atoms with Crippen LogP contribution >= 0.6 is 0 Å². The van der Waals surface area contributed by atoms with Gasteiger partial charge in [-0.15, -0.1) is 0 Å². The maximum atomic E-state index is 11.3. The lowest BCUT2D eigenvalue weighted by atomic mass is 9.83. The van der Waals surface area contributed by atoms with E-state index in [2.05, 4.69) is 32.9 Å². The highest BCUT2D eigenvalue weighted by Crippen LogP contribution is 2.34. The summed E-state index contributed by atoms with van der Waals surface area (Å²) in [7, 11) is 0. The van der Waals surface area contributed by atoms with E-state index >= 15 is 0 Å². The highest BCUT2D eigenvalue weighted by molar-refractivity contribution is 5.91. The summed E-state index contributed by atoms with van der Waals surface area (Å²) in [6, 6.07) is 19.8. The summed E-state index contributed by atoms with van der Waals surface area (Å²) >= 11 is 0. The second-order valence-corrected chi connectivity index (χ2v) is 7.82. The number of benzene rings is 3. The molecule has 0 aliphatic rings. The van der Waals surface area contributed by atoms with Gasteiger partial charge in [-0.25, -0.2) is 9.59 Å². The molecule has 0 spiro atoms. The predicted octanol–water partition coefficient (Wildman–Crippen LogP) is 5.71. The Labute approximate surface area is 164 Å². The lowest BCUT2D eigenvalue weighted by Gasteiger charge is -2.22. The smallest absolute Gasteiger partial charge is 0.335 e. The number of carboxylic acid groups (broad SMARTS) is 2. The van der Waals surface area contributed by atoms with Crippen LogP contribution in [0.3, 0.4) is 0 Å². The van der Waals surface area contributed by atoms with Gasteiger partial charge in [0.15, 0.2) is 0 Å². The highest BCUT2D eigenvalue weighted by atomic mass is 16.4. The number of carbonyl (C=O) groups is 2. The van der Waals surface area contributed by atoms with E-state index in [0.29, 0.717) is 0 Å². The van der Waals surface area contributed by atoms with E-state index in [9.17, 15) is 19.8 Å². The van der Waals surface area contributed by atoms with Gasteiger partial charge in [0.1, 0.15) is 0 Å². The third-order valence-corrected chi connectivity index (χ3v) is 4.68. The highest BCUT2D eigenvalue weighted by Gasteiger charge is 2.17. The van der Waals surface area contributed by atoms with E-state index in [0.717, 1.165) is 27.8 Å². The Hall–Kier alpha value is -3.40. The van der Waals surface area contributed by atoms with Crippen molar-refractivity contribution in [3.63, 3.8) is 0 Å². The molecule has 0 aliphatic carbocycles. The molecule has 0 aliphatic heterocycles. The van der Waals surface area contributed by atoms with Gasteiger partial charge in [0.2, 0.25) is 0 Å². The van der Waals surface area contributed by atoms with Crippen LogP contribution in [0.4, 0.5) is 0 Å². The molecule has 0 fully saturated rings. The normalized spacial score (nSPS) is 11.2. The summed E-state index contributed by atoms with van der Waals surface area (Å²) in [5.74, 6) is -1.94. The van der Waals surface area contributed by atoms with Crippen molar-refractivity contribution < 1.29 is 19.8 Å². The van der Waals surface area contributed by atoms with Crippen molar-refractivity contribution >= 4 is 11.9 Å². The van der Waals surface area contributed by atoms with E-state index in [-0.39, 0.29) is 16.5 Å². The van der Waals surface area contributed by atoms with Gasteiger partial charge in [-0.2, -0.15) is 0 Å². The molecule has 3 aromatic carbocycles. The van der Waals surface area contributed by atoms with Gasteiger partial charge < -0.3 is 10.2 Å². The SMILES string of the molecule is CC(C)(C)c1cc(-c2cccc(C(=O)O)c2)cc(-c2cccc(C(=O)O)c2)c1. The number of hydrogen-bond acceptors (Lipinski definition) is 2. The molecule has 0 saturated carbocycles. The van der Waals surface area contributed by atoms with E-state index in [1.165, 1.54) is 0 Å². The predicted molar refractivity (Wildman–Crippen MR) is 110 cm³/mol. The van der Waals surface area contributed by atoms with E-state index < -0.39 is 11.9 Å². The van der Waals surface area contributed by atoms with Crippen LogP contribution in [-0.2, 0) is 5.41 Å². The van der Waals surface area contributed by atoms with Crippen molar-refractivity contribution in [1.82, 2.24) is 0 Å². The molecular formula is C24H22O4. The van der Waals surface area contributed by atoms with E-state index in [4.69, 9.17) is 0 Å². The Morgan fingerprint density at radius 3 is 1.43 bits per heavy atom. The van der Waals surface area contributed by atoms with Gasteiger partial charge in [0.05, 0.1) is 11.1 Å². The number of carboxylic acids is 2. The molecule has 3 aromatic rings. The maximum Gasteiger partial charge on any atom is 0.335 e. The maximum absolute atomic E-state index is 11.3. The topological polar surface area (TPSA) is 74.6 Å². The first-order valence-electron chi connectivity index (χ1n) is 8.98. The molecule has 2 N–H and O–H groups in total. The lowest BCUT2D eigenvalue weighted by Crippen LogP contribution is -2.11. The average molecular weight is 374 g/mol. The number of rotatable bonds is 4. The summed E-state index contributed by atoms with van der Waals surface area (Å²) in [6.45, 7) is 6.33. The molecule has 142 valence electrons. The quantitative estimate of drug-likeness (QED) is 0.613. The van der Waals surface area contributed by atoms with Crippen molar-refractivity contribution in [3.8, 4) is 22.3 Å². The first-order valence-corrected chi connectivity index (χ1v) is 8.98. The van der Waals surface area contributed by atoms with E-state index in [1.807, 2.05) is 18.2 Å². The van der Waals surface area contributed by atoms with Crippen molar-refractivity contribution in [2.24, 2.45) is 0 Å². The first kappa shape index (κ1) is 19.4. The van der Waals surface area contributed by atoms with Crippen LogP contribution in [-0.4, -0.2) is 22.2 Å². The fourth-order valence-corrected chi connectivity index (χ4v) is 3.06. The summed E-state index contributed by atoms with van der Waals surface area (Å²) in [5, 5.41) is 18.6. The summed E-state index contributed by atoms with van der Waals surface area (Å²) in [6.07, 6.45) is 0. The largest absolute Gasteiger partial charge is 0.478 e. The standard InChI is InChI=1S/C24H22O4/c1-24(2,3)21-13-19(15-6-4-8-17(10-15)22(25)26)12-20(14-21)16-7-5-9-18(11-16)23(27)28/h4-14H,1-3H3,(H,25,26)(H,27,28). The fourth-order valence-electron chi connectivity index (χ4n) is 3.06. The fraction of sp³-hybridized carbons (Fsp3) is 0.167. The van der Waals surface area contributed by atoms with Gasteiger partial charge >= 0.3 is 11.9 Å². The van der Waals surface area contributed by atoms with Crippen molar-refractivity contribution in [2.45, 2.75) is 26.2 Å².